The van der Waals surface area contributed by atoms with Crippen molar-refractivity contribution in [3.8, 4) is 0 Å². The molecule has 120 valence electrons. The first-order valence-corrected chi connectivity index (χ1v) is 8.11. The average Bonchev–Trinajstić information content (AvgIpc) is 2.46. The Balaban J connectivity index is 2.41. The number of amides is 2. The number of benzene rings is 1. The summed E-state index contributed by atoms with van der Waals surface area (Å²) in [6.07, 6.45) is 1.07. The molecule has 1 N–H and O–H groups in total. The minimum absolute atomic E-state index is 0.0502. The number of nitrogens with one attached hydrogen (secondary N) is 1. The molecule has 0 bridgehead atoms. The zero-order valence-corrected chi connectivity index (χ0v) is 13.9. The van der Waals surface area contributed by atoms with Crippen LogP contribution in [0.15, 0.2) is 24.3 Å². The number of likely N-dealkylation sites (tertiary alicyclic amines) is 1. The average molecular weight is 302 g/mol. The van der Waals surface area contributed by atoms with Gasteiger partial charge >= 0.3 is 0 Å². The van der Waals surface area contributed by atoms with E-state index in [1.165, 1.54) is 0 Å². The van der Waals surface area contributed by atoms with Crippen LogP contribution in [-0.4, -0.2) is 29.3 Å². The number of rotatable bonds is 4. The SMILES string of the molecule is CCN1C(=O)CC[C@@H](C(=O)NC(C)C)[C@@H]1c1ccccc1C. The van der Waals surface area contributed by atoms with E-state index in [0.29, 0.717) is 19.4 Å². The molecule has 2 atom stereocenters. The van der Waals surface area contributed by atoms with E-state index in [2.05, 4.69) is 5.32 Å². The molecule has 1 aliphatic rings. The van der Waals surface area contributed by atoms with Gasteiger partial charge in [0.2, 0.25) is 11.8 Å². The second kappa shape index (κ2) is 6.95. The third kappa shape index (κ3) is 3.32. The zero-order chi connectivity index (χ0) is 16.3. The van der Waals surface area contributed by atoms with Crippen molar-refractivity contribution in [2.45, 2.75) is 52.6 Å². The van der Waals surface area contributed by atoms with Gasteiger partial charge in [0.1, 0.15) is 0 Å². The lowest BCUT2D eigenvalue weighted by Crippen LogP contribution is -2.49. The Hall–Kier alpha value is -1.84. The highest BCUT2D eigenvalue weighted by Gasteiger charge is 2.40. The monoisotopic (exact) mass is 302 g/mol. The van der Waals surface area contributed by atoms with Crippen LogP contribution in [-0.2, 0) is 9.59 Å². The topological polar surface area (TPSA) is 49.4 Å². The lowest BCUT2D eigenvalue weighted by Gasteiger charge is -2.41. The Kier molecular flexibility index (Phi) is 5.22. The number of hydrogen-bond acceptors (Lipinski definition) is 2. The fraction of sp³-hybridized carbons (Fsp3) is 0.556. The molecule has 0 aliphatic carbocycles. The van der Waals surface area contributed by atoms with Gasteiger partial charge in [-0.15, -0.1) is 0 Å². The minimum atomic E-state index is -0.179. The van der Waals surface area contributed by atoms with Crippen molar-refractivity contribution in [2.24, 2.45) is 5.92 Å². The predicted octanol–water partition coefficient (Wildman–Crippen LogP) is 2.82. The van der Waals surface area contributed by atoms with E-state index in [-0.39, 0.29) is 29.8 Å². The molecule has 0 aromatic heterocycles. The maximum Gasteiger partial charge on any atom is 0.225 e. The summed E-state index contributed by atoms with van der Waals surface area (Å²) in [6.45, 7) is 8.58. The number of carbonyl (C=O) groups is 2. The molecule has 1 aliphatic heterocycles. The zero-order valence-electron chi connectivity index (χ0n) is 13.9. The number of piperidine rings is 1. The van der Waals surface area contributed by atoms with Crippen LogP contribution in [0.5, 0.6) is 0 Å². The second-order valence-corrected chi connectivity index (χ2v) is 6.29. The molecule has 4 heteroatoms. The van der Waals surface area contributed by atoms with Gasteiger partial charge in [0.25, 0.3) is 0 Å². The molecular formula is C18H26N2O2. The van der Waals surface area contributed by atoms with Crippen molar-refractivity contribution in [3.05, 3.63) is 35.4 Å². The molecule has 1 aromatic rings. The van der Waals surface area contributed by atoms with E-state index in [0.717, 1.165) is 11.1 Å². The van der Waals surface area contributed by atoms with Crippen molar-refractivity contribution in [1.29, 1.82) is 0 Å². The maximum atomic E-state index is 12.6. The highest BCUT2D eigenvalue weighted by atomic mass is 16.2. The number of aryl methyl sites for hydroxylation is 1. The molecule has 22 heavy (non-hydrogen) atoms. The number of carbonyl (C=O) groups excluding carboxylic acids is 2. The van der Waals surface area contributed by atoms with Gasteiger partial charge in [-0.3, -0.25) is 9.59 Å². The summed E-state index contributed by atoms with van der Waals surface area (Å²) in [5.74, 6) is 0.0136. The van der Waals surface area contributed by atoms with Crippen molar-refractivity contribution >= 4 is 11.8 Å². The Bertz CT molecular complexity index is 554. The van der Waals surface area contributed by atoms with Crippen LogP contribution in [0.2, 0.25) is 0 Å². The molecule has 2 amide bonds. The Morgan fingerprint density at radius 3 is 2.64 bits per heavy atom. The van der Waals surface area contributed by atoms with Crippen LogP contribution in [0.3, 0.4) is 0 Å². The fourth-order valence-corrected chi connectivity index (χ4v) is 3.30. The summed E-state index contributed by atoms with van der Waals surface area (Å²) in [6, 6.07) is 8.00. The molecule has 1 saturated heterocycles. The van der Waals surface area contributed by atoms with Crippen LogP contribution < -0.4 is 5.32 Å². The van der Waals surface area contributed by atoms with Crippen molar-refractivity contribution in [2.75, 3.05) is 6.54 Å². The van der Waals surface area contributed by atoms with Gasteiger partial charge in [0, 0.05) is 19.0 Å². The van der Waals surface area contributed by atoms with E-state index in [1.54, 1.807) is 0 Å². The lowest BCUT2D eigenvalue weighted by molar-refractivity contribution is -0.143. The quantitative estimate of drug-likeness (QED) is 0.930. The third-order valence-electron chi connectivity index (χ3n) is 4.32. The number of nitrogens with zero attached hydrogens (tertiary/aromatic N) is 1. The van der Waals surface area contributed by atoms with Crippen molar-refractivity contribution < 1.29 is 9.59 Å². The Morgan fingerprint density at radius 1 is 1.36 bits per heavy atom. The summed E-state index contributed by atoms with van der Waals surface area (Å²) in [5, 5.41) is 3.01. The highest BCUT2D eigenvalue weighted by Crippen LogP contribution is 2.38. The molecule has 2 rings (SSSR count). The van der Waals surface area contributed by atoms with Crippen molar-refractivity contribution in [3.63, 3.8) is 0 Å². The molecule has 1 heterocycles. The first-order valence-electron chi connectivity index (χ1n) is 8.11. The van der Waals surface area contributed by atoms with Gasteiger partial charge in [0.05, 0.1) is 12.0 Å². The Labute approximate surface area is 132 Å². The standard InChI is InChI=1S/C18H26N2O2/c1-5-20-16(21)11-10-15(18(22)19-12(2)3)17(20)14-9-7-6-8-13(14)4/h6-9,12,15,17H,5,10-11H2,1-4H3,(H,19,22)/t15-,17+/m1/s1. The van der Waals surface area contributed by atoms with Crippen LogP contribution >= 0.6 is 0 Å². The van der Waals surface area contributed by atoms with E-state index >= 15 is 0 Å². The molecule has 1 fully saturated rings. The third-order valence-corrected chi connectivity index (χ3v) is 4.32. The molecule has 0 unspecified atom stereocenters. The van der Waals surface area contributed by atoms with Gasteiger partial charge in [-0.1, -0.05) is 24.3 Å². The molecule has 4 nitrogen and oxygen atoms in total. The normalized spacial score (nSPS) is 22.0. The maximum absolute atomic E-state index is 12.6. The first kappa shape index (κ1) is 16.5. The van der Waals surface area contributed by atoms with Crippen LogP contribution in [0.25, 0.3) is 0 Å². The summed E-state index contributed by atoms with van der Waals surface area (Å²) in [7, 11) is 0. The van der Waals surface area contributed by atoms with Crippen LogP contribution in [0, 0.1) is 12.8 Å². The molecule has 0 spiro atoms. The van der Waals surface area contributed by atoms with E-state index < -0.39 is 0 Å². The highest BCUT2D eigenvalue weighted by molar-refractivity contribution is 5.85. The summed E-state index contributed by atoms with van der Waals surface area (Å²) >= 11 is 0. The molecule has 1 aromatic carbocycles. The van der Waals surface area contributed by atoms with Crippen LogP contribution in [0.4, 0.5) is 0 Å². The van der Waals surface area contributed by atoms with Gasteiger partial charge in [-0.25, -0.2) is 0 Å². The largest absolute Gasteiger partial charge is 0.354 e. The first-order chi connectivity index (χ1) is 10.5. The second-order valence-electron chi connectivity index (χ2n) is 6.29. The summed E-state index contributed by atoms with van der Waals surface area (Å²) in [4.78, 5) is 26.8. The predicted molar refractivity (Wildman–Crippen MR) is 87.3 cm³/mol. The minimum Gasteiger partial charge on any atom is -0.354 e. The summed E-state index contributed by atoms with van der Waals surface area (Å²) in [5.41, 5.74) is 2.21. The lowest BCUT2D eigenvalue weighted by atomic mass is 9.82. The molecule has 0 saturated carbocycles. The molecule has 0 radical (unpaired) electrons. The van der Waals surface area contributed by atoms with Crippen molar-refractivity contribution in [1.82, 2.24) is 10.2 Å². The van der Waals surface area contributed by atoms with Gasteiger partial charge in [0.15, 0.2) is 0 Å². The van der Waals surface area contributed by atoms with Gasteiger partial charge < -0.3 is 10.2 Å². The van der Waals surface area contributed by atoms with Gasteiger partial charge in [-0.05, 0) is 45.2 Å². The summed E-state index contributed by atoms with van der Waals surface area (Å²) < 4.78 is 0. The smallest absolute Gasteiger partial charge is 0.225 e. The van der Waals surface area contributed by atoms with Crippen LogP contribution in [0.1, 0.15) is 50.8 Å². The molecular weight excluding hydrogens is 276 g/mol. The van der Waals surface area contributed by atoms with E-state index in [1.807, 2.05) is 56.9 Å². The van der Waals surface area contributed by atoms with E-state index in [9.17, 15) is 9.59 Å². The number of hydrogen-bond donors (Lipinski definition) is 1. The van der Waals surface area contributed by atoms with E-state index in [4.69, 9.17) is 0 Å². The fourth-order valence-electron chi connectivity index (χ4n) is 3.30. The van der Waals surface area contributed by atoms with Gasteiger partial charge in [-0.2, -0.15) is 0 Å². The Morgan fingerprint density at radius 2 is 2.05 bits per heavy atom.